The lowest BCUT2D eigenvalue weighted by Gasteiger charge is -2.36. The van der Waals surface area contributed by atoms with Crippen LogP contribution in [-0.2, 0) is 4.74 Å². The first kappa shape index (κ1) is 12.2. The summed E-state index contributed by atoms with van der Waals surface area (Å²) in [5, 5.41) is 8.68. The zero-order chi connectivity index (χ0) is 13.1. The molecule has 0 aliphatic carbocycles. The van der Waals surface area contributed by atoms with E-state index in [0.29, 0.717) is 19.0 Å². The standard InChI is InChI=1S/C11H12N2O5/c1-2-3-17-11(16)13-5-7(6-13)9-12-4-8(18-9)10(14)15/h2,4,7H,1,3,5-6H2,(H,14,15). The SMILES string of the molecule is C=CCOC(=O)N1CC(c2ncc(C(=O)O)o2)C1. The summed E-state index contributed by atoms with van der Waals surface area (Å²) in [5.41, 5.74) is 0. The van der Waals surface area contributed by atoms with E-state index in [9.17, 15) is 9.59 Å². The quantitative estimate of drug-likeness (QED) is 0.806. The fourth-order valence-corrected chi connectivity index (χ4v) is 1.58. The number of aromatic nitrogens is 1. The number of nitrogens with zero attached hydrogens (tertiary/aromatic N) is 2. The van der Waals surface area contributed by atoms with Crippen LogP contribution in [0.15, 0.2) is 23.3 Å². The van der Waals surface area contributed by atoms with Gasteiger partial charge in [-0.15, -0.1) is 0 Å². The molecule has 7 heteroatoms. The van der Waals surface area contributed by atoms with Crippen molar-refractivity contribution in [1.82, 2.24) is 9.88 Å². The van der Waals surface area contributed by atoms with Crippen molar-refractivity contribution in [3.8, 4) is 0 Å². The smallest absolute Gasteiger partial charge is 0.410 e. The monoisotopic (exact) mass is 252 g/mol. The van der Waals surface area contributed by atoms with Gasteiger partial charge in [0.2, 0.25) is 11.7 Å². The number of carbonyl (C=O) groups excluding carboxylic acids is 1. The molecular formula is C11H12N2O5. The van der Waals surface area contributed by atoms with Gasteiger partial charge in [-0.25, -0.2) is 14.6 Å². The largest absolute Gasteiger partial charge is 0.475 e. The Kier molecular flexibility index (Phi) is 3.31. The molecule has 1 aromatic rings. The molecule has 1 aromatic heterocycles. The van der Waals surface area contributed by atoms with Gasteiger partial charge in [-0.05, 0) is 0 Å². The molecule has 0 aromatic carbocycles. The third-order valence-electron chi connectivity index (χ3n) is 2.55. The van der Waals surface area contributed by atoms with Crippen LogP contribution in [0.2, 0.25) is 0 Å². The van der Waals surface area contributed by atoms with E-state index in [1.54, 1.807) is 0 Å². The van der Waals surface area contributed by atoms with E-state index >= 15 is 0 Å². The molecule has 0 atom stereocenters. The average Bonchev–Trinajstić information content (AvgIpc) is 2.73. The van der Waals surface area contributed by atoms with E-state index in [4.69, 9.17) is 14.3 Å². The lowest BCUT2D eigenvalue weighted by atomic mass is 10.0. The molecule has 0 unspecified atom stereocenters. The highest BCUT2D eigenvalue weighted by molar-refractivity contribution is 5.83. The summed E-state index contributed by atoms with van der Waals surface area (Å²) < 4.78 is 9.90. The molecule has 7 nitrogen and oxygen atoms in total. The van der Waals surface area contributed by atoms with Gasteiger partial charge < -0.3 is 19.2 Å². The van der Waals surface area contributed by atoms with Crippen molar-refractivity contribution in [2.75, 3.05) is 19.7 Å². The summed E-state index contributed by atoms with van der Waals surface area (Å²) in [5.74, 6) is -1.09. The van der Waals surface area contributed by atoms with Crippen LogP contribution < -0.4 is 0 Å². The Balaban J connectivity index is 1.86. The fraction of sp³-hybridized carbons (Fsp3) is 0.364. The topological polar surface area (TPSA) is 92.9 Å². The molecule has 0 spiro atoms. The first-order valence-electron chi connectivity index (χ1n) is 5.33. The van der Waals surface area contributed by atoms with Gasteiger partial charge in [0, 0.05) is 13.1 Å². The number of amides is 1. The molecule has 1 aliphatic rings. The summed E-state index contributed by atoms with van der Waals surface area (Å²) in [4.78, 5) is 27.3. The number of rotatable bonds is 4. The fourth-order valence-electron chi connectivity index (χ4n) is 1.58. The Labute approximate surface area is 103 Å². The molecule has 1 saturated heterocycles. The van der Waals surface area contributed by atoms with E-state index in [1.165, 1.54) is 11.0 Å². The van der Waals surface area contributed by atoms with Crippen molar-refractivity contribution in [2.45, 2.75) is 5.92 Å². The van der Waals surface area contributed by atoms with Crippen LogP contribution in [-0.4, -0.2) is 46.7 Å². The Morgan fingerprint density at radius 1 is 1.67 bits per heavy atom. The maximum absolute atomic E-state index is 11.4. The summed E-state index contributed by atoms with van der Waals surface area (Å²) in [7, 11) is 0. The summed E-state index contributed by atoms with van der Waals surface area (Å²) in [6.07, 6.45) is 2.23. The number of likely N-dealkylation sites (tertiary alicyclic amines) is 1. The van der Waals surface area contributed by atoms with Crippen LogP contribution in [0.25, 0.3) is 0 Å². The van der Waals surface area contributed by atoms with Gasteiger partial charge in [-0.3, -0.25) is 0 Å². The van der Waals surface area contributed by atoms with Crippen molar-refractivity contribution in [1.29, 1.82) is 0 Å². The van der Waals surface area contributed by atoms with E-state index in [1.807, 2.05) is 0 Å². The molecule has 2 heterocycles. The Morgan fingerprint density at radius 3 is 2.94 bits per heavy atom. The molecule has 1 aliphatic heterocycles. The van der Waals surface area contributed by atoms with Crippen LogP contribution >= 0.6 is 0 Å². The second-order valence-electron chi connectivity index (χ2n) is 3.84. The molecule has 1 N–H and O–H groups in total. The van der Waals surface area contributed by atoms with Gasteiger partial charge >= 0.3 is 12.1 Å². The highest BCUT2D eigenvalue weighted by atomic mass is 16.6. The zero-order valence-corrected chi connectivity index (χ0v) is 9.54. The Morgan fingerprint density at radius 2 is 2.39 bits per heavy atom. The van der Waals surface area contributed by atoms with E-state index in [-0.39, 0.29) is 18.3 Å². The molecule has 0 saturated carbocycles. The van der Waals surface area contributed by atoms with Gasteiger partial charge in [0.15, 0.2) is 0 Å². The number of carboxylic acid groups (broad SMARTS) is 1. The molecule has 18 heavy (non-hydrogen) atoms. The first-order valence-corrected chi connectivity index (χ1v) is 5.33. The highest BCUT2D eigenvalue weighted by Crippen LogP contribution is 2.27. The number of aromatic carboxylic acids is 1. The number of carbonyl (C=O) groups is 2. The molecule has 2 rings (SSSR count). The average molecular weight is 252 g/mol. The lowest BCUT2D eigenvalue weighted by molar-refractivity contribution is 0.0632. The Bertz CT molecular complexity index is 476. The second-order valence-corrected chi connectivity index (χ2v) is 3.84. The normalized spacial score (nSPS) is 15.0. The third kappa shape index (κ3) is 2.34. The molecule has 0 bridgehead atoms. The van der Waals surface area contributed by atoms with Crippen LogP contribution in [0.3, 0.4) is 0 Å². The molecule has 96 valence electrons. The minimum atomic E-state index is -1.16. The molecule has 0 radical (unpaired) electrons. The van der Waals surface area contributed by atoms with Crippen molar-refractivity contribution in [2.24, 2.45) is 0 Å². The van der Waals surface area contributed by atoms with Crippen LogP contribution in [0.5, 0.6) is 0 Å². The van der Waals surface area contributed by atoms with Crippen LogP contribution in [0, 0.1) is 0 Å². The molecular weight excluding hydrogens is 240 g/mol. The number of ether oxygens (including phenoxy) is 1. The second kappa shape index (κ2) is 4.91. The van der Waals surface area contributed by atoms with Gasteiger partial charge in [0.1, 0.15) is 6.61 Å². The first-order chi connectivity index (χ1) is 8.61. The summed E-state index contributed by atoms with van der Waals surface area (Å²) >= 11 is 0. The van der Waals surface area contributed by atoms with Crippen LogP contribution in [0.1, 0.15) is 22.4 Å². The number of carboxylic acids is 1. The van der Waals surface area contributed by atoms with Crippen molar-refractivity contribution < 1.29 is 23.8 Å². The van der Waals surface area contributed by atoms with Gasteiger partial charge in [-0.2, -0.15) is 0 Å². The number of hydrogen-bond donors (Lipinski definition) is 1. The van der Waals surface area contributed by atoms with E-state index in [2.05, 4.69) is 11.6 Å². The predicted molar refractivity (Wildman–Crippen MR) is 59.3 cm³/mol. The van der Waals surface area contributed by atoms with E-state index < -0.39 is 12.1 Å². The maximum atomic E-state index is 11.4. The van der Waals surface area contributed by atoms with Crippen LogP contribution in [0.4, 0.5) is 4.79 Å². The minimum absolute atomic E-state index is 0.0746. The molecule has 1 amide bonds. The molecule has 1 fully saturated rings. The number of oxazole rings is 1. The minimum Gasteiger partial charge on any atom is -0.475 e. The maximum Gasteiger partial charge on any atom is 0.410 e. The number of hydrogen-bond acceptors (Lipinski definition) is 5. The predicted octanol–water partition coefficient (Wildman–Crippen LogP) is 1.09. The lowest BCUT2D eigenvalue weighted by Crippen LogP contribution is -2.48. The summed E-state index contributed by atoms with van der Waals surface area (Å²) in [6, 6.07) is 0. The Hall–Kier alpha value is -2.31. The van der Waals surface area contributed by atoms with Gasteiger partial charge in [0.05, 0.1) is 12.1 Å². The zero-order valence-electron chi connectivity index (χ0n) is 9.54. The van der Waals surface area contributed by atoms with Gasteiger partial charge in [0.25, 0.3) is 0 Å². The van der Waals surface area contributed by atoms with Crippen molar-refractivity contribution in [3.63, 3.8) is 0 Å². The van der Waals surface area contributed by atoms with Crippen molar-refractivity contribution in [3.05, 3.63) is 30.5 Å². The highest BCUT2D eigenvalue weighted by Gasteiger charge is 2.36. The van der Waals surface area contributed by atoms with Crippen molar-refractivity contribution >= 4 is 12.1 Å². The third-order valence-corrected chi connectivity index (χ3v) is 2.55. The van der Waals surface area contributed by atoms with Gasteiger partial charge in [-0.1, -0.05) is 12.7 Å². The summed E-state index contributed by atoms with van der Waals surface area (Å²) in [6.45, 7) is 4.43. The van der Waals surface area contributed by atoms with E-state index in [0.717, 1.165) is 6.20 Å².